The number of hydrogen-bond acceptors (Lipinski definition) is 2. The van der Waals surface area contributed by atoms with E-state index in [0.29, 0.717) is 5.88 Å². The summed E-state index contributed by atoms with van der Waals surface area (Å²) >= 11 is 6.00. The minimum Gasteiger partial charge on any atom is -0.488 e. The van der Waals surface area contributed by atoms with Crippen molar-refractivity contribution in [3.05, 3.63) is 29.3 Å². The van der Waals surface area contributed by atoms with Crippen molar-refractivity contribution in [1.82, 2.24) is 5.32 Å². The quantitative estimate of drug-likeness (QED) is 0.827. The molecule has 0 bridgehead atoms. The fraction of sp³-hybridized carbons (Fsp3) is 0.600. The zero-order chi connectivity index (χ0) is 13.2. The van der Waals surface area contributed by atoms with Crippen LogP contribution in [0.5, 0.6) is 5.75 Å². The van der Waals surface area contributed by atoms with Crippen LogP contribution < -0.4 is 10.1 Å². The van der Waals surface area contributed by atoms with E-state index in [4.69, 9.17) is 16.3 Å². The number of nitrogens with one attached hydrogen (secondary N) is 1. The predicted octanol–water partition coefficient (Wildman–Crippen LogP) is 3.30. The van der Waals surface area contributed by atoms with Gasteiger partial charge in [-0.25, -0.2) is 0 Å². The molecule has 2 rings (SSSR count). The van der Waals surface area contributed by atoms with E-state index in [1.165, 1.54) is 11.1 Å². The smallest absolute Gasteiger partial charge is 0.123 e. The van der Waals surface area contributed by atoms with Crippen LogP contribution in [0.3, 0.4) is 0 Å². The second-order valence-corrected chi connectivity index (χ2v) is 5.75. The molecule has 1 N–H and O–H groups in total. The molecule has 0 saturated heterocycles. The lowest BCUT2D eigenvalue weighted by molar-refractivity contribution is 0.208. The maximum atomic E-state index is 6.00. The molecule has 2 nitrogen and oxygen atoms in total. The SMILES string of the molecule is CCC(C)(CCl)NCC1Cc2cc(C)ccc2O1. The molecule has 100 valence electrons. The van der Waals surface area contributed by atoms with Crippen molar-refractivity contribution in [2.45, 2.75) is 45.3 Å². The maximum Gasteiger partial charge on any atom is 0.123 e. The highest BCUT2D eigenvalue weighted by Gasteiger charge is 2.26. The second-order valence-electron chi connectivity index (χ2n) is 5.48. The second kappa shape index (κ2) is 5.50. The highest BCUT2D eigenvalue weighted by Crippen LogP contribution is 2.29. The van der Waals surface area contributed by atoms with Gasteiger partial charge >= 0.3 is 0 Å². The summed E-state index contributed by atoms with van der Waals surface area (Å²) in [6.45, 7) is 7.29. The third kappa shape index (κ3) is 2.99. The number of fused-ring (bicyclic) bond motifs is 1. The first kappa shape index (κ1) is 13.7. The summed E-state index contributed by atoms with van der Waals surface area (Å²) in [6, 6.07) is 6.39. The topological polar surface area (TPSA) is 21.3 Å². The molecule has 1 aromatic rings. The lowest BCUT2D eigenvalue weighted by atomic mass is 10.0. The van der Waals surface area contributed by atoms with Crippen LogP contribution in [-0.2, 0) is 6.42 Å². The molecule has 1 heterocycles. The summed E-state index contributed by atoms with van der Waals surface area (Å²) in [7, 11) is 0. The number of aryl methyl sites for hydroxylation is 1. The van der Waals surface area contributed by atoms with Crippen molar-refractivity contribution < 1.29 is 4.74 Å². The first-order chi connectivity index (χ1) is 8.56. The minimum atomic E-state index is 0.00953. The molecular weight excluding hydrogens is 246 g/mol. The molecule has 0 fully saturated rings. The number of hydrogen-bond donors (Lipinski definition) is 1. The lowest BCUT2D eigenvalue weighted by Crippen LogP contribution is -2.47. The number of halogens is 1. The van der Waals surface area contributed by atoms with E-state index >= 15 is 0 Å². The van der Waals surface area contributed by atoms with E-state index in [0.717, 1.165) is 25.1 Å². The first-order valence-corrected chi connectivity index (χ1v) is 7.17. The third-order valence-electron chi connectivity index (χ3n) is 3.79. The normalized spacial score (nSPS) is 21.2. The van der Waals surface area contributed by atoms with Crippen LogP contribution in [0.2, 0.25) is 0 Å². The summed E-state index contributed by atoms with van der Waals surface area (Å²) in [5.74, 6) is 1.67. The predicted molar refractivity (Wildman–Crippen MR) is 76.7 cm³/mol. The molecule has 2 atom stereocenters. The fourth-order valence-corrected chi connectivity index (χ4v) is 2.47. The highest BCUT2D eigenvalue weighted by atomic mass is 35.5. The van der Waals surface area contributed by atoms with Crippen molar-refractivity contribution in [1.29, 1.82) is 0 Å². The van der Waals surface area contributed by atoms with E-state index < -0.39 is 0 Å². The molecule has 1 aliphatic rings. The van der Waals surface area contributed by atoms with Crippen LogP contribution in [0.25, 0.3) is 0 Å². The Bertz CT molecular complexity index is 415. The van der Waals surface area contributed by atoms with Crippen LogP contribution in [0, 0.1) is 6.92 Å². The molecule has 0 amide bonds. The third-order valence-corrected chi connectivity index (χ3v) is 4.38. The van der Waals surface area contributed by atoms with Gasteiger partial charge in [-0.2, -0.15) is 0 Å². The molecule has 0 spiro atoms. The van der Waals surface area contributed by atoms with Gasteiger partial charge in [0.25, 0.3) is 0 Å². The molecule has 1 aliphatic heterocycles. The number of alkyl halides is 1. The van der Waals surface area contributed by atoms with Gasteiger partial charge in [-0.3, -0.25) is 0 Å². The van der Waals surface area contributed by atoms with Gasteiger partial charge < -0.3 is 10.1 Å². The van der Waals surface area contributed by atoms with E-state index in [9.17, 15) is 0 Å². The summed E-state index contributed by atoms with van der Waals surface area (Å²) < 4.78 is 5.94. The average Bonchev–Trinajstić information content (AvgIpc) is 2.78. The van der Waals surface area contributed by atoms with Gasteiger partial charge in [-0.15, -0.1) is 11.6 Å². The first-order valence-electron chi connectivity index (χ1n) is 6.63. The number of benzene rings is 1. The molecule has 3 heteroatoms. The van der Waals surface area contributed by atoms with Crippen molar-refractivity contribution in [3.63, 3.8) is 0 Å². The molecule has 1 aromatic carbocycles. The highest BCUT2D eigenvalue weighted by molar-refractivity contribution is 6.18. The Morgan fingerprint density at radius 3 is 2.94 bits per heavy atom. The largest absolute Gasteiger partial charge is 0.488 e. The van der Waals surface area contributed by atoms with Gasteiger partial charge in [0.15, 0.2) is 0 Å². The van der Waals surface area contributed by atoms with Gasteiger partial charge in [-0.05, 0) is 31.9 Å². The Kier molecular flexibility index (Phi) is 4.18. The molecule has 18 heavy (non-hydrogen) atoms. The van der Waals surface area contributed by atoms with Crippen molar-refractivity contribution in [2.24, 2.45) is 0 Å². The molecule has 2 unspecified atom stereocenters. The van der Waals surface area contributed by atoms with Crippen LogP contribution in [0.1, 0.15) is 31.4 Å². The van der Waals surface area contributed by atoms with E-state index in [-0.39, 0.29) is 11.6 Å². The molecule has 0 aromatic heterocycles. The Morgan fingerprint density at radius 1 is 1.50 bits per heavy atom. The standard InChI is InChI=1S/C15H22ClNO/c1-4-15(3,10-16)17-9-13-8-12-7-11(2)5-6-14(12)18-13/h5-7,13,17H,4,8-10H2,1-3H3. The van der Waals surface area contributed by atoms with E-state index in [1.807, 2.05) is 0 Å². The molecular formula is C15H22ClNO. The van der Waals surface area contributed by atoms with Gasteiger partial charge in [0, 0.05) is 24.4 Å². The monoisotopic (exact) mass is 267 g/mol. The maximum absolute atomic E-state index is 6.00. The summed E-state index contributed by atoms with van der Waals surface area (Å²) in [6.07, 6.45) is 2.25. The van der Waals surface area contributed by atoms with Crippen molar-refractivity contribution >= 4 is 11.6 Å². The van der Waals surface area contributed by atoms with E-state index in [1.54, 1.807) is 0 Å². The molecule has 0 saturated carbocycles. The summed E-state index contributed by atoms with van der Waals surface area (Å²) in [5, 5.41) is 3.53. The zero-order valence-electron chi connectivity index (χ0n) is 11.4. The number of rotatable bonds is 5. The molecule has 0 radical (unpaired) electrons. The summed E-state index contributed by atoms with van der Waals surface area (Å²) in [4.78, 5) is 0. The Morgan fingerprint density at radius 2 is 2.28 bits per heavy atom. The van der Waals surface area contributed by atoms with Gasteiger partial charge in [0.2, 0.25) is 0 Å². The van der Waals surface area contributed by atoms with Crippen molar-refractivity contribution in [3.8, 4) is 5.75 Å². The van der Waals surface area contributed by atoms with E-state index in [2.05, 4.69) is 44.3 Å². The van der Waals surface area contributed by atoms with Gasteiger partial charge in [-0.1, -0.05) is 24.6 Å². The minimum absolute atomic E-state index is 0.00953. The van der Waals surface area contributed by atoms with Gasteiger partial charge in [0.05, 0.1) is 0 Å². The van der Waals surface area contributed by atoms with Crippen LogP contribution in [-0.4, -0.2) is 24.1 Å². The Labute approximate surface area is 115 Å². The number of ether oxygens (including phenoxy) is 1. The Balaban J connectivity index is 1.92. The van der Waals surface area contributed by atoms with Crippen molar-refractivity contribution in [2.75, 3.05) is 12.4 Å². The summed E-state index contributed by atoms with van der Waals surface area (Å²) in [5.41, 5.74) is 2.63. The van der Waals surface area contributed by atoms with Crippen LogP contribution in [0.15, 0.2) is 18.2 Å². The van der Waals surface area contributed by atoms with Gasteiger partial charge in [0.1, 0.15) is 11.9 Å². The fourth-order valence-electron chi connectivity index (χ4n) is 2.19. The molecule has 0 aliphatic carbocycles. The van der Waals surface area contributed by atoms with Crippen LogP contribution in [0.4, 0.5) is 0 Å². The Hall–Kier alpha value is -0.730. The van der Waals surface area contributed by atoms with Crippen LogP contribution >= 0.6 is 11.6 Å². The average molecular weight is 268 g/mol. The lowest BCUT2D eigenvalue weighted by Gasteiger charge is -2.28. The zero-order valence-corrected chi connectivity index (χ0v) is 12.2.